The molecule has 0 radical (unpaired) electrons. The van der Waals surface area contributed by atoms with Crippen molar-refractivity contribution in [2.45, 2.75) is 52.2 Å². The Morgan fingerprint density at radius 1 is 1.43 bits per heavy atom. The van der Waals surface area contributed by atoms with E-state index in [2.05, 4.69) is 30.3 Å². The number of nitrogens with one attached hydrogen (secondary N) is 1. The fourth-order valence-electron chi connectivity index (χ4n) is 2.61. The smallest absolute Gasteiger partial charge is 0.124 e. The normalized spacial score (nSPS) is 16.1. The third kappa shape index (κ3) is 4.41. The molecule has 3 heteroatoms. The van der Waals surface area contributed by atoms with Crippen LogP contribution in [0, 0.1) is 12.3 Å². The maximum Gasteiger partial charge on any atom is 0.124 e. The van der Waals surface area contributed by atoms with Crippen molar-refractivity contribution in [3.8, 4) is 23.8 Å². The Bertz CT molecular complexity index is 505. The van der Waals surface area contributed by atoms with Gasteiger partial charge in [0.15, 0.2) is 0 Å². The van der Waals surface area contributed by atoms with Crippen LogP contribution in [0.25, 0.3) is 0 Å². The maximum atomic E-state index is 5.83. The lowest BCUT2D eigenvalue weighted by Crippen LogP contribution is -2.15. The van der Waals surface area contributed by atoms with Crippen LogP contribution in [0.2, 0.25) is 0 Å². The van der Waals surface area contributed by atoms with Crippen LogP contribution in [-0.2, 0) is 13.0 Å². The van der Waals surface area contributed by atoms with E-state index in [1.54, 1.807) is 0 Å². The first-order valence-corrected chi connectivity index (χ1v) is 7.84. The fourth-order valence-corrected chi connectivity index (χ4v) is 2.61. The zero-order valence-electron chi connectivity index (χ0n) is 13.1. The molecule has 1 N–H and O–H groups in total. The van der Waals surface area contributed by atoms with Gasteiger partial charge in [-0.05, 0) is 45.4 Å². The van der Waals surface area contributed by atoms with E-state index in [1.165, 1.54) is 11.1 Å². The molecule has 1 heterocycles. The zero-order valence-corrected chi connectivity index (χ0v) is 13.1. The monoisotopic (exact) mass is 287 g/mol. The molecule has 0 aromatic heterocycles. The molecule has 1 aliphatic heterocycles. The summed E-state index contributed by atoms with van der Waals surface area (Å²) in [6.45, 7) is 6.58. The fraction of sp³-hybridized carbons (Fsp3) is 0.556. The number of hydrogen-bond acceptors (Lipinski definition) is 3. The molecule has 1 unspecified atom stereocenters. The molecule has 0 amide bonds. The van der Waals surface area contributed by atoms with Crippen LogP contribution in [0.4, 0.5) is 0 Å². The van der Waals surface area contributed by atoms with Gasteiger partial charge in [-0.2, -0.15) is 0 Å². The van der Waals surface area contributed by atoms with Gasteiger partial charge in [-0.15, -0.1) is 12.3 Å². The van der Waals surface area contributed by atoms with Gasteiger partial charge in [0.1, 0.15) is 17.6 Å². The molecule has 1 aromatic rings. The van der Waals surface area contributed by atoms with Gasteiger partial charge >= 0.3 is 0 Å². The van der Waals surface area contributed by atoms with Crippen LogP contribution in [0.1, 0.15) is 44.2 Å². The summed E-state index contributed by atoms with van der Waals surface area (Å²) in [6, 6.07) is 4.26. The van der Waals surface area contributed by atoms with E-state index in [9.17, 15) is 0 Å². The summed E-state index contributed by atoms with van der Waals surface area (Å²) in [5.41, 5.74) is 2.42. The predicted octanol–water partition coefficient (Wildman–Crippen LogP) is 3.30. The number of ether oxygens (including phenoxy) is 2. The molecule has 0 saturated carbocycles. The van der Waals surface area contributed by atoms with Crippen LogP contribution in [0.5, 0.6) is 11.5 Å². The molecule has 2 rings (SSSR count). The quantitative estimate of drug-likeness (QED) is 0.588. The first-order chi connectivity index (χ1) is 10.2. The number of hydrogen-bond donors (Lipinski definition) is 1. The molecular formula is C18H25NO2. The molecule has 1 aliphatic rings. The summed E-state index contributed by atoms with van der Waals surface area (Å²) >= 11 is 0. The topological polar surface area (TPSA) is 30.5 Å². The molecule has 21 heavy (non-hydrogen) atoms. The average molecular weight is 287 g/mol. The number of fused-ring (bicyclic) bond motifs is 1. The van der Waals surface area contributed by atoms with Crippen LogP contribution < -0.4 is 14.8 Å². The summed E-state index contributed by atoms with van der Waals surface area (Å²) in [5.74, 6) is 4.66. The summed E-state index contributed by atoms with van der Waals surface area (Å²) in [5, 5.41) is 3.46. The Balaban J connectivity index is 1.94. The zero-order chi connectivity index (χ0) is 15.1. The van der Waals surface area contributed by atoms with Crippen molar-refractivity contribution in [2.75, 3.05) is 13.2 Å². The summed E-state index contributed by atoms with van der Waals surface area (Å²) in [6.07, 6.45) is 9.52. The Kier molecular flexibility index (Phi) is 5.95. The second-order valence-electron chi connectivity index (χ2n) is 5.47. The van der Waals surface area contributed by atoms with E-state index in [0.29, 0.717) is 6.61 Å². The Morgan fingerprint density at radius 2 is 2.29 bits per heavy atom. The van der Waals surface area contributed by atoms with Crippen LogP contribution >= 0.6 is 0 Å². The van der Waals surface area contributed by atoms with Gasteiger partial charge in [0.25, 0.3) is 0 Å². The van der Waals surface area contributed by atoms with Gasteiger partial charge in [0.05, 0.1) is 6.61 Å². The minimum atomic E-state index is 0.265. The van der Waals surface area contributed by atoms with E-state index < -0.39 is 0 Å². The van der Waals surface area contributed by atoms with Gasteiger partial charge in [-0.1, -0.05) is 0 Å². The highest BCUT2D eigenvalue weighted by molar-refractivity contribution is 5.48. The second-order valence-corrected chi connectivity index (χ2v) is 5.47. The number of benzene rings is 1. The average Bonchev–Trinajstić information content (AvgIpc) is 2.82. The number of unbranched alkanes of at least 4 members (excludes halogenated alkanes) is 2. The van der Waals surface area contributed by atoms with E-state index >= 15 is 0 Å². The van der Waals surface area contributed by atoms with Crippen molar-refractivity contribution in [1.29, 1.82) is 0 Å². The lowest BCUT2D eigenvalue weighted by Gasteiger charge is -2.13. The van der Waals surface area contributed by atoms with Gasteiger partial charge in [0.2, 0.25) is 0 Å². The first kappa shape index (κ1) is 15.7. The molecule has 1 aromatic carbocycles. The highest BCUT2D eigenvalue weighted by atomic mass is 16.5. The molecule has 0 bridgehead atoms. The van der Waals surface area contributed by atoms with Crippen LogP contribution in [0.3, 0.4) is 0 Å². The maximum absolute atomic E-state index is 5.83. The minimum Gasteiger partial charge on any atom is -0.494 e. The van der Waals surface area contributed by atoms with E-state index in [4.69, 9.17) is 15.9 Å². The standard InChI is InChI=1S/C18H25NO2/c1-4-6-7-8-9-19-13-16-12-18-15(10-14(3)21-18)11-17(16)20-5-2/h1,11-12,14,19H,5-10,13H2,2-3H3. The molecule has 0 spiro atoms. The van der Waals surface area contributed by atoms with Crippen molar-refractivity contribution in [1.82, 2.24) is 5.32 Å². The highest BCUT2D eigenvalue weighted by Crippen LogP contribution is 2.35. The molecule has 0 aliphatic carbocycles. The van der Waals surface area contributed by atoms with Crippen molar-refractivity contribution >= 4 is 0 Å². The SMILES string of the molecule is C#CCCCCNCc1cc2c(cc1OCC)CC(C)O2. The molecule has 114 valence electrons. The largest absolute Gasteiger partial charge is 0.494 e. The van der Waals surface area contributed by atoms with Gasteiger partial charge < -0.3 is 14.8 Å². The lowest BCUT2D eigenvalue weighted by atomic mass is 10.1. The summed E-state index contributed by atoms with van der Waals surface area (Å²) in [7, 11) is 0. The molecular weight excluding hydrogens is 262 g/mol. The number of terminal acetylenes is 1. The third-order valence-electron chi connectivity index (χ3n) is 3.62. The third-order valence-corrected chi connectivity index (χ3v) is 3.62. The Labute approximate surface area is 128 Å². The molecule has 1 atom stereocenters. The van der Waals surface area contributed by atoms with Gasteiger partial charge in [0, 0.05) is 30.5 Å². The summed E-state index contributed by atoms with van der Waals surface area (Å²) < 4.78 is 11.6. The predicted molar refractivity (Wildman–Crippen MR) is 85.8 cm³/mol. The molecule has 0 saturated heterocycles. The second kappa shape index (κ2) is 7.95. The van der Waals surface area contributed by atoms with Crippen molar-refractivity contribution in [3.63, 3.8) is 0 Å². The number of rotatable bonds is 8. The van der Waals surface area contributed by atoms with Gasteiger partial charge in [-0.3, -0.25) is 0 Å². The highest BCUT2D eigenvalue weighted by Gasteiger charge is 2.21. The van der Waals surface area contributed by atoms with E-state index in [-0.39, 0.29) is 6.10 Å². The van der Waals surface area contributed by atoms with E-state index in [0.717, 1.165) is 50.3 Å². The Hall–Kier alpha value is -1.66. The van der Waals surface area contributed by atoms with E-state index in [1.807, 2.05) is 6.92 Å². The first-order valence-electron chi connectivity index (χ1n) is 7.84. The van der Waals surface area contributed by atoms with Crippen molar-refractivity contribution in [3.05, 3.63) is 23.3 Å². The lowest BCUT2D eigenvalue weighted by molar-refractivity contribution is 0.254. The van der Waals surface area contributed by atoms with Crippen molar-refractivity contribution < 1.29 is 9.47 Å². The van der Waals surface area contributed by atoms with Crippen LogP contribution in [0.15, 0.2) is 12.1 Å². The van der Waals surface area contributed by atoms with Crippen LogP contribution in [-0.4, -0.2) is 19.3 Å². The molecule has 3 nitrogen and oxygen atoms in total. The van der Waals surface area contributed by atoms with Gasteiger partial charge in [-0.25, -0.2) is 0 Å². The Morgan fingerprint density at radius 3 is 3.05 bits per heavy atom. The van der Waals surface area contributed by atoms with Crippen molar-refractivity contribution in [2.24, 2.45) is 0 Å². The molecule has 0 fully saturated rings. The minimum absolute atomic E-state index is 0.265. The summed E-state index contributed by atoms with van der Waals surface area (Å²) in [4.78, 5) is 0.